The van der Waals surface area contributed by atoms with Gasteiger partial charge >= 0.3 is 12.0 Å². The predicted octanol–water partition coefficient (Wildman–Crippen LogP) is 4.51. The van der Waals surface area contributed by atoms with Crippen LogP contribution in [0.4, 0.5) is 0 Å². The van der Waals surface area contributed by atoms with Crippen molar-refractivity contribution in [2.45, 2.75) is 0 Å². The van der Waals surface area contributed by atoms with E-state index in [-0.39, 0.29) is 28.4 Å². The zero-order chi connectivity index (χ0) is 19.2. The summed E-state index contributed by atoms with van der Waals surface area (Å²) in [6, 6.07) is 15.3. The Bertz CT molecular complexity index is 950. The van der Waals surface area contributed by atoms with Gasteiger partial charge in [0.2, 0.25) is 5.88 Å². The zero-order valence-corrected chi connectivity index (χ0v) is 15.3. The molecule has 1 aromatic heterocycles. The molecule has 0 radical (unpaired) electrons. The highest BCUT2D eigenvalue weighted by Crippen LogP contribution is 2.31. The highest BCUT2D eigenvalue weighted by atomic mass is 35.5. The minimum absolute atomic E-state index is 0.0683. The number of esters is 1. The molecule has 0 aliphatic carbocycles. The number of hydrogen-bond donors (Lipinski definition) is 0. The molecule has 0 saturated carbocycles. The average molecular weight is 387 g/mol. The summed E-state index contributed by atoms with van der Waals surface area (Å²) in [6.07, 6.45) is 0. The van der Waals surface area contributed by atoms with Crippen LogP contribution in [0.25, 0.3) is 0 Å². The van der Waals surface area contributed by atoms with Crippen LogP contribution in [-0.2, 0) is 4.74 Å². The van der Waals surface area contributed by atoms with Crippen molar-refractivity contribution in [2.24, 2.45) is 0 Å². The van der Waals surface area contributed by atoms with E-state index in [1.54, 1.807) is 24.3 Å². The number of ether oxygens (including phenoxy) is 4. The quantitative estimate of drug-likeness (QED) is 0.455. The topological polar surface area (TPSA) is 79.8 Å². The van der Waals surface area contributed by atoms with Crippen LogP contribution >= 0.6 is 11.6 Å². The Labute approximate surface area is 160 Å². The van der Waals surface area contributed by atoms with Crippen molar-refractivity contribution in [3.05, 3.63) is 65.3 Å². The average Bonchev–Trinajstić information content (AvgIpc) is 2.69. The van der Waals surface area contributed by atoms with Crippen molar-refractivity contribution in [1.29, 1.82) is 0 Å². The molecule has 0 fully saturated rings. The Kier molecular flexibility index (Phi) is 5.73. The van der Waals surface area contributed by atoms with Crippen molar-refractivity contribution in [3.8, 4) is 29.1 Å². The fourth-order valence-electron chi connectivity index (χ4n) is 2.18. The summed E-state index contributed by atoms with van der Waals surface area (Å²) in [6.45, 7) is 0. The van der Waals surface area contributed by atoms with E-state index in [0.29, 0.717) is 11.5 Å². The van der Waals surface area contributed by atoms with Gasteiger partial charge in [0.15, 0.2) is 0 Å². The van der Waals surface area contributed by atoms with E-state index < -0.39 is 5.97 Å². The van der Waals surface area contributed by atoms with E-state index >= 15 is 0 Å². The van der Waals surface area contributed by atoms with Crippen LogP contribution in [-0.4, -0.2) is 30.2 Å². The summed E-state index contributed by atoms with van der Waals surface area (Å²) in [5.41, 5.74) is 0.147. The maximum absolute atomic E-state index is 12.2. The second-order valence-corrected chi connectivity index (χ2v) is 5.57. The molecular formula is C19H15ClN2O5. The molecule has 0 unspecified atom stereocenters. The molecule has 27 heavy (non-hydrogen) atoms. The van der Waals surface area contributed by atoms with Crippen LogP contribution in [0.3, 0.4) is 0 Å². The van der Waals surface area contributed by atoms with E-state index in [1.165, 1.54) is 26.4 Å². The van der Waals surface area contributed by atoms with Gasteiger partial charge in [0.05, 0.1) is 14.2 Å². The van der Waals surface area contributed by atoms with Crippen molar-refractivity contribution in [2.75, 3.05) is 14.2 Å². The fraction of sp³-hybridized carbons (Fsp3) is 0.105. The minimum atomic E-state index is -0.600. The second kappa shape index (κ2) is 8.37. The summed E-state index contributed by atoms with van der Waals surface area (Å²) in [7, 11) is 2.72. The number of methoxy groups -OCH3 is 2. The number of carbonyl (C=O) groups excluding carboxylic acids is 1. The lowest BCUT2D eigenvalue weighted by molar-refractivity contribution is 0.0597. The van der Waals surface area contributed by atoms with Crippen molar-refractivity contribution < 1.29 is 23.7 Å². The van der Waals surface area contributed by atoms with Crippen LogP contribution in [0.2, 0.25) is 5.15 Å². The summed E-state index contributed by atoms with van der Waals surface area (Å²) < 4.78 is 21.2. The Balaban J connectivity index is 1.92. The van der Waals surface area contributed by atoms with Gasteiger partial charge in [0.25, 0.3) is 0 Å². The van der Waals surface area contributed by atoms with Gasteiger partial charge in [-0.3, -0.25) is 0 Å². The van der Waals surface area contributed by atoms with E-state index in [2.05, 4.69) is 9.97 Å². The third-order valence-electron chi connectivity index (χ3n) is 3.40. The van der Waals surface area contributed by atoms with Gasteiger partial charge in [0, 0.05) is 6.07 Å². The van der Waals surface area contributed by atoms with Crippen LogP contribution in [0, 0.1) is 0 Å². The van der Waals surface area contributed by atoms with Gasteiger partial charge in [-0.1, -0.05) is 29.8 Å². The second-order valence-electron chi connectivity index (χ2n) is 5.18. The smallest absolute Gasteiger partial charge is 0.341 e. The zero-order valence-electron chi connectivity index (χ0n) is 14.5. The molecule has 0 aliphatic heterocycles. The van der Waals surface area contributed by atoms with E-state index in [0.717, 1.165) is 0 Å². The molecule has 0 bridgehead atoms. The molecule has 0 aliphatic rings. The molecule has 138 valence electrons. The summed E-state index contributed by atoms with van der Waals surface area (Å²) in [5.74, 6) is 0.890. The number of para-hydroxylation sites is 1. The number of benzene rings is 2. The van der Waals surface area contributed by atoms with E-state index in [9.17, 15) is 4.79 Å². The molecule has 0 spiro atoms. The highest BCUT2D eigenvalue weighted by Gasteiger charge is 2.17. The predicted molar refractivity (Wildman–Crippen MR) is 98.0 cm³/mol. The molecule has 2 aromatic carbocycles. The van der Waals surface area contributed by atoms with Crippen LogP contribution in [0.1, 0.15) is 10.4 Å². The SMILES string of the molecule is COC(=O)c1cc(Oc2ccccc2)ccc1Oc1nc(Cl)cc(OC)n1. The first-order chi connectivity index (χ1) is 13.1. The summed E-state index contributed by atoms with van der Waals surface area (Å²) in [4.78, 5) is 20.2. The number of aromatic nitrogens is 2. The van der Waals surface area contributed by atoms with Gasteiger partial charge in [-0.05, 0) is 30.3 Å². The molecule has 0 amide bonds. The number of nitrogens with zero attached hydrogens (tertiary/aromatic N) is 2. The number of rotatable bonds is 6. The number of halogens is 1. The first kappa shape index (κ1) is 18.5. The van der Waals surface area contributed by atoms with E-state index in [1.807, 2.05) is 18.2 Å². The van der Waals surface area contributed by atoms with Crippen molar-refractivity contribution in [3.63, 3.8) is 0 Å². The monoisotopic (exact) mass is 386 g/mol. The lowest BCUT2D eigenvalue weighted by Gasteiger charge is -2.12. The first-order valence-electron chi connectivity index (χ1n) is 7.80. The first-order valence-corrected chi connectivity index (χ1v) is 8.18. The van der Waals surface area contributed by atoms with Crippen molar-refractivity contribution in [1.82, 2.24) is 9.97 Å². The van der Waals surface area contributed by atoms with E-state index in [4.69, 9.17) is 30.5 Å². The van der Waals surface area contributed by atoms with Crippen LogP contribution in [0.5, 0.6) is 29.1 Å². The molecule has 3 aromatic rings. The Morgan fingerprint density at radius 2 is 1.70 bits per heavy atom. The highest BCUT2D eigenvalue weighted by molar-refractivity contribution is 6.29. The lowest BCUT2D eigenvalue weighted by Crippen LogP contribution is -2.05. The van der Waals surface area contributed by atoms with Gasteiger partial charge in [0.1, 0.15) is 28.0 Å². The largest absolute Gasteiger partial charge is 0.481 e. The fourth-order valence-corrected chi connectivity index (χ4v) is 2.35. The van der Waals surface area contributed by atoms with Gasteiger partial charge < -0.3 is 18.9 Å². The Morgan fingerprint density at radius 3 is 2.41 bits per heavy atom. The number of hydrogen-bond acceptors (Lipinski definition) is 7. The lowest BCUT2D eigenvalue weighted by atomic mass is 10.2. The maximum Gasteiger partial charge on any atom is 0.341 e. The van der Waals surface area contributed by atoms with Crippen molar-refractivity contribution >= 4 is 17.6 Å². The molecular weight excluding hydrogens is 372 g/mol. The normalized spacial score (nSPS) is 10.2. The van der Waals surface area contributed by atoms with Gasteiger partial charge in [-0.2, -0.15) is 9.97 Å². The summed E-state index contributed by atoms with van der Waals surface area (Å²) in [5, 5.41) is 0.139. The molecule has 0 atom stereocenters. The van der Waals surface area contributed by atoms with Gasteiger partial charge in [-0.25, -0.2) is 4.79 Å². The Hall–Kier alpha value is -3.32. The third kappa shape index (κ3) is 4.65. The van der Waals surface area contributed by atoms with Crippen LogP contribution in [0.15, 0.2) is 54.6 Å². The minimum Gasteiger partial charge on any atom is -0.481 e. The summed E-state index contributed by atoms with van der Waals surface area (Å²) >= 11 is 5.92. The number of carbonyl (C=O) groups is 1. The molecule has 0 N–H and O–H groups in total. The van der Waals surface area contributed by atoms with Gasteiger partial charge in [-0.15, -0.1) is 0 Å². The maximum atomic E-state index is 12.2. The Morgan fingerprint density at radius 1 is 0.926 bits per heavy atom. The molecule has 0 saturated heterocycles. The molecule has 3 rings (SSSR count). The third-order valence-corrected chi connectivity index (χ3v) is 3.59. The molecule has 1 heterocycles. The molecule has 7 nitrogen and oxygen atoms in total. The van der Waals surface area contributed by atoms with Crippen LogP contribution < -0.4 is 14.2 Å². The standard InChI is InChI=1S/C19H15ClN2O5/c1-24-17-11-16(20)21-19(22-17)27-15-9-8-13(10-14(15)18(23)25-2)26-12-6-4-3-5-7-12/h3-11H,1-2H3. The molecule has 8 heteroatoms.